The average Bonchev–Trinajstić information content (AvgIpc) is 2.06. The van der Waals surface area contributed by atoms with E-state index in [4.69, 9.17) is 10.2 Å². The third kappa shape index (κ3) is 3.20. The van der Waals surface area contributed by atoms with Gasteiger partial charge in [0.1, 0.15) is 0 Å². The number of aliphatic carboxylic acids is 2. The maximum atomic E-state index is 10.5. The fourth-order valence-corrected chi connectivity index (χ4v) is 1.88. The van der Waals surface area contributed by atoms with Crippen LogP contribution in [0.5, 0.6) is 0 Å². The normalized spacial score (nSPS) is 26.0. The molecule has 0 saturated carbocycles. The minimum absolute atomic E-state index is 0.0198. The smallest absolute Gasteiger partial charge is 0.303 e. The van der Waals surface area contributed by atoms with Crippen LogP contribution in [0.4, 0.5) is 0 Å². The average molecular weight is 198 g/mol. The van der Waals surface area contributed by atoms with Crippen LogP contribution in [0.3, 0.4) is 0 Å². The minimum Gasteiger partial charge on any atom is -0.481 e. The molecule has 0 radical (unpaired) electrons. The van der Waals surface area contributed by atoms with Crippen LogP contribution >= 0.6 is 0 Å². The van der Waals surface area contributed by atoms with Crippen molar-refractivity contribution in [2.45, 2.75) is 25.7 Å². The zero-order chi connectivity index (χ0) is 10.6. The molecule has 4 heteroatoms. The highest BCUT2D eigenvalue weighted by atomic mass is 16.4. The molecule has 2 N–H and O–H groups in total. The van der Waals surface area contributed by atoms with Crippen LogP contribution in [-0.4, -0.2) is 22.2 Å². The summed E-state index contributed by atoms with van der Waals surface area (Å²) in [5, 5.41) is 17.3. The summed E-state index contributed by atoms with van der Waals surface area (Å²) < 4.78 is 0. The first-order valence-electron chi connectivity index (χ1n) is 4.68. The van der Waals surface area contributed by atoms with Crippen LogP contribution in [0.2, 0.25) is 0 Å². The molecule has 4 nitrogen and oxygen atoms in total. The van der Waals surface area contributed by atoms with Crippen molar-refractivity contribution >= 4 is 11.9 Å². The molecule has 0 amide bonds. The fourth-order valence-electron chi connectivity index (χ4n) is 1.88. The van der Waals surface area contributed by atoms with Gasteiger partial charge >= 0.3 is 11.9 Å². The van der Waals surface area contributed by atoms with Crippen molar-refractivity contribution in [3.05, 3.63) is 12.2 Å². The van der Waals surface area contributed by atoms with Gasteiger partial charge in [-0.1, -0.05) is 12.2 Å². The molecule has 0 spiro atoms. The quantitative estimate of drug-likeness (QED) is 0.671. The van der Waals surface area contributed by atoms with Gasteiger partial charge in [0, 0.05) is 12.8 Å². The summed E-state index contributed by atoms with van der Waals surface area (Å²) in [4.78, 5) is 21.1. The molecule has 0 aromatic carbocycles. The van der Waals surface area contributed by atoms with Crippen molar-refractivity contribution in [1.29, 1.82) is 0 Å². The van der Waals surface area contributed by atoms with Crippen molar-refractivity contribution in [2.75, 3.05) is 0 Å². The van der Waals surface area contributed by atoms with Gasteiger partial charge in [0.15, 0.2) is 0 Å². The minimum atomic E-state index is -0.847. The van der Waals surface area contributed by atoms with E-state index >= 15 is 0 Å². The first kappa shape index (κ1) is 10.8. The van der Waals surface area contributed by atoms with Crippen LogP contribution in [0, 0.1) is 11.8 Å². The molecule has 1 aliphatic carbocycles. The van der Waals surface area contributed by atoms with Crippen molar-refractivity contribution in [3.63, 3.8) is 0 Å². The Morgan fingerprint density at radius 3 is 1.64 bits per heavy atom. The van der Waals surface area contributed by atoms with Crippen LogP contribution in [-0.2, 0) is 9.59 Å². The van der Waals surface area contributed by atoms with E-state index in [2.05, 4.69) is 0 Å². The van der Waals surface area contributed by atoms with Gasteiger partial charge in [-0.05, 0) is 24.7 Å². The van der Waals surface area contributed by atoms with Crippen molar-refractivity contribution < 1.29 is 19.8 Å². The van der Waals surface area contributed by atoms with Crippen molar-refractivity contribution in [3.8, 4) is 0 Å². The summed E-state index contributed by atoms with van der Waals surface area (Å²) in [6.07, 6.45) is 5.39. The van der Waals surface area contributed by atoms with Gasteiger partial charge in [-0.15, -0.1) is 0 Å². The first-order chi connectivity index (χ1) is 6.59. The third-order valence-corrected chi connectivity index (χ3v) is 2.58. The van der Waals surface area contributed by atoms with Crippen LogP contribution in [0.1, 0.15) is 25.7 Å². The Labute approximate surface area is 82.2 Å². The van der Waals surface area contributed by atoms with E-state index in [0.29, 0.717) is 12.8 Å². The predicted molar refractivity (Wildman–Crippen MR) is 49.9 cm³/mol. The van der Waals surface area contributed by atoms with Gasteiger partial charge in [0.2, 0.25) is 0 Å². The van der Waals surface area contributed by atoms with E-state index in [0.717, 1.165) is 0 Å². The summed E-state index contributed by atoms with van der Waals surface area (Å²) in [5.41, 5.74) is 0. The van der Waals surface area contributed by atoms with Gasteiger partial charge in [0.05, 0.1) is 0 Å². The van der Waals surface area contributed by atoms with Gasteiger partial charge in [-0.25, -0.2) is 0 Å². The van der Waals surface area contributed by atoms with Crippen molar-refractivity contribution in [2.24, 2.45) is 11.8 Å². The lowest BCUT2D eigenvalue weighted by Crippen LogP contribution is -2.22. The second kappa shape index (κ2) is 4.79. The zero-order valence-electron chi connectivity index (χ0n) is 7.85. The van der Waals surface area contributed by atoms with Gasteiger partial charge in [-0.2, -0.15) is 0 Å². The highest BCUT2D eigenvalue weighted by Crippen LogP contribution is 2.30. The Morgan fingerprint density at radius 1 is 1.00 bits per heavy atom. The molecular weight excluding hydrogens is 184 g/mol. The topological polar surface area (TPSA) is 74.6 Å². The largest absolute Gasteiger partial charge is 0.481 e. The number of hydrogen-bond acceptors (Lipinski definition) is 2. The fraction of sp³-hybridized carbons (Fsp3) is 0.600. The number of rotatable bonds is 4. The molecule has 0 bridgehead atoms. The van der Waals surface area contributed by atoms with Gasteiger partial charge < -0.3 is 10.2 Å². The Bertz CT molecular complexity index is 231. The summed E-state index contributed by atoms with van der Waals surface area (Å²) in [7, 11) is 0. The number of carboxylic acid groups (broad SMARTS) is 2. The molecule has 0 aliphatic heterocycles. The Balaban J connectivity index is 2.55. The monoisotopic (exact) mass is 198 g/mol. The molecule has 0 aromatic heterocycles. The molecule has 0 heterocycles. The lowest BCUT2D eigenvalue weighted by atomic mass is 9.79. The Kier molecular flexibility index (Phi) is 3.68. The molecule has 0 saturated heterocycles. The molecule has 14 heavy (non-hydrogen) atoms. The molecule has 0 fully saturated rings. The maximum Gasteiger partial charge on any atom is 0.303 e. The van der Waals surface area contributed by atoms with E-state index in [-0.39, 0.29) is 24.7 Å². The summed E-state index contributed by atoms with van der Waals surface area (Å²) in [5.74, 6) is -1.73. The van der Waals surface area contributed by atoms with E-state index in [1.807, 2.05) is 12.2 Å². The predicted octanol–water partition coefficient (Wildman–Crippen LogP) is 1.52. The van der Waals surface area contributed by atoms with Gasteiger partial charge in [-0.3, -0.25) is 9.59 Å². The molecule has 2 atom stereocenters. The van der Waals surface area contributed by atoms with Gasteiger partial charge in [0.25, 0.3) is 0 Å². The van der Waals surface area contributed by atoms with Crippen LogP contribution in [0.15, 0.2) is 12.2 Å². The third-order valence-electron chi connectivity index (χ3n) is 2.58. The van der Waals surface area contributed by atoms with Crippen LogP contribution < -0.4 is 0 Å². The Morgan fingerprint density at radius 2 is 1.36 bits per heavy atom. The molecule has 0 unspecified atom stereocenters. The molecule has 78 valence electrons. The standard InChI is InChI=1S/C10H14O4/c11-9(12)5-7-3-1-2-4-8(7)6-10(13)14/h1-2,7-8H,3-6H2,(H,11,12)(H,13,14)/t7-,8-/m1/s1. The summed E-state index contributed by atoms with van der Waals surface area (Å²) >= 11 is 0. The second-order valence-corrected chi connectivity index (χ2v) is 3.66. The van der Waals surface area contributed by atoms with E-state index < -0.39 is 11.9 Å². The number of hydrogen-bond donors (Lipinski definition) is 2. The van der Waals surface area contributed by atoms with Crippen LogP contribution in [0.25, 0.3) is 0 Å². The number of carboxylic acids is 2. The number of carbonyl (C=O) groups is 2. The maximum absolute atomic E-state index is 10.5. The van der Waals surface area contributed by atoms with E-state index in [9.17, 15) is 9.59 Å². The SMILES string of the molecule is O=C(O)C[C@H]1CC=CC[C@@H]1CC(=O)O. The summed E-state index contributed by atoms with van der Waals surface area (Å²) in [6.45, 7) is 0. The molecule has 1 rings (SSSR count). The number of allylic oxidation sites excluding steroid dienone is 2. The first-order valence-corrected chi connectivity index (χ1v) is 4.68. The molecular formula is C10H14O4. The lowest BCUT2D eigenvalue weighted by molar-refractivity contribution is -0.142. The van der Waals surface area contributed by atoms with Crippen molar-refractivity contribution in [1.82, 2.24) is 0 Å². The molecule has 0 aromatic rings. The lowest BCUT2D eigenvalue weighted by Gasteiger charge is -2.25. The van der Waals surface area contributed by atoms with E-state index in [1.165, 1.54) is 0 Å². The summed E-state index contributed by atoms with van der Waals surface area (Å²) in [6, 6.07) is 0. The zero-order valence-corrected chi connectivity index (χ0v) is 7.85. The molecule has 1 aliphatic rings. The van der Waals surface area contributed by atoms with E-state index in [1.54, 1.807) is 0 Å². The Hall–Kier alpha value is -1.32. The highest BCUT2D eigenvalue weighted by molar-refractivity contribution is 5.68. The highest BCUT2D eigenvalue weighted by Gasteiger charge is 2.26. The second-order valence-electron chi connectivity index (χ2n) is 3.66.